The quantitative estimate of drug-likeness (QED) is 0.626. The molecule has 0 amide bonds. The summed E-state index contributed by atoms with van der Waals surface area (Å²) < 4.78 is 6.33. The van der Waals surface area contributed by atoms with E-state index in [0.717, 1.165) is 0 Å². The van der Waals surface area contributed by atoms with Crippen molar-refractivity contribution in [3.63, 3.8) is 0 Å². The summed E-state index contributed by atoms with van der Waals surface area (Å²) in [5.74, 6) is 0. The molecule has 0 radical (unpaired) electrons. The minimum atomic E-state index is -2.01. The Bertz CT molecular complexity index is 730. The van der Waals surface area contributed by atoms with Crippen LogP contribution in [0.3, 0.4) is 0 Å². The van der Waals surface area contributed by atoms with Crippen LogP contribution in [0.25, 0.3) is 0 Å². The molecule has 0 aliphatic heterocycles. The predicted octanol–water partition coefficient (Wildman–Crippen LogP) is 4.11. The molecule has 2 nitrogen and oxygen atoms in total. The van der Waals surface area contributed by atoms with Gasteiger partial charge in [0, 0.05) is 0 Å². The van der Waals surface area contributed by atoms with Crippen LogP contribution in [0.2, 0.25) is 0 Å². The van der Waals surface area contributed by atoms with Crippen molar-refractivity contribution >= 4 is 23.2 Å². The number of ether oxygens (including phenoxy) is 1. The van der Waals surface area contributed by atoms with Gasteiger partial charge in [0.05, 0.1) is 11.7 Å². The van der Waals surface area contributed by atoms with Gasteiger partial charge in [-0.05, 0) is 57.2 Å². The molecule has 3 aromatic carbocycles. The molecule has 0 aromatic heterocycles. The fourth-order valence-electron chi connectivity index (χ4n) is 3.15. The van der Waals surface area contributed by atoms with Gasteiger partial charge >= 0.3 is 0 Å². The second-order valence-corrected chi connectivity index (χ2v) is 10.8. The molecule has 1 unspecified atom stereocenters. The minimum absolute atomic E-state index is 0.270. The van der Waals surface area contributed by atoms with Crippen molar-refractivity contribution in [2.24, 2.45) is 0 Å². The third-order valence-electron chi connectivity index (χ3n) is 5.10. The molecule has 3 heteroatoms. The average molecular weight is 379 g/mol. The maximum atomic E-state index is 10.4. The molecule has 0 saturated carbocycles. The van der Waals surface area contributed by atoms with Crippen molar-refractivity contribution in [2.75, 3.05) is 6.35 Å². The maximum Gasteiger partial charge on any atom is 0.171 e. The third-order valence-corrected chi connectivity index (χ3v) is 9.18. The Balaban J connectivity index is 2.17. The molecule has 3 rings (SSSR count). The van der Waals surface area contributed by atoms with Gasteiger partial charge in [0.25, 0.3) is 0 Å². The first-order valence-electron chi connectivity index (χ1n) is 9.33. The van der Waals surface area contributed by atoms with E-state index in [2.05, 4.69) is 91.0 Å². The van der Waals surface area contributed by atoms with Crippen LogP contribution < -0.4 is 15.9 Å². The molecule has 0 bridgehead atoms. The van der Waals surface area contributed by atoms with Gasteiger partial charge in [0.2, 0.25) is 0 Å². The van der Waals surface area contributed by atoms with Crippen molar-refractivity contribution in [3.8, 4) is 0 Å². The van der Waals surface area contributed by atoms with E-state index in [0.29, 0.717) is 6.35 Å². The lowest BCUT2D eigenvalue weighted by atomic mass is 10.0. The standard InChI is InChI=1S/C24H28O2P/c1-20(24(2,3)25)26-19-27(21-13-7-4-8-14-21,22-15-9-5-10-16-22)23-17-11-6-12-18-23/h4-18,20,25H,19H2,1-3H3/q+1. The van der Waals surface area contributed by atoms with E-state index in [-0.39, 0.29) is 6.10 Å². The van der Waals surface area contributed by atoms with Crippen LogP contribution in [-0.4, -0.2) is 23.2 Å². The summed E-state index contributed by atoms with van der Waals surface area (Å²) in [6, 6.07) is 31.9. The van der Waals surface area contributed by atoms with Gasteiger partial charge in [-0.2, -0.15) is 0 Å². The largest absolute Gasteiger partial charge is 0.388 e. The molecule has 0 fully saturated rings. The van der Waals surface area contributed by atoms with Crippen molar-refractivity contribution in [1.82, 2.24) is 0 Å². The van der Waals surface area contributed by atoms with E-state index in [1.165, 1.54) is 15.9 Å². The summed E-state index contributed by atoms with van der Waals surface area (Å²) in [5.41, 5.74) is -0.889. The van der Waals surface area contributed by atoms with Crippen LogP contribution in [0, 0.1) is 0 Å². The molecule has 0 saturated heterocycles. The average Bonchev–Trinajstić information content (AvgIpc) is 2.70. The lowest BCUT2D eigenvalue weighted by Crippen LogP contribution is -2.40. The fourth-order valence-corrected chi connectivity index (χ4v) is 6.98. The topological polar surface area (TPSA) is 29.5 Å². The summed E-state index contributed by atoms with van der Waals surface area (Å²) in [6.45, 7) is 5.53. The molecule has 0 heterocycles. The molecular formula is C24H28O2P+. The third kappa shape index (κ3) is 4.30. The Morgan fingerprint density at radius 3 is 1.37 bits per heavy atom. The zero-order valence-corrected chi connectivity index (χ0v) is 17.1. The SMILES string of the molecule is CC(OC[P+](c1ccccc1)(c1ccccc1)c1ccccc1)C(C)(C)O. The van der Waals surface area contributed by atoms with Crippen LogP contribution >= 0.6 is 7.26 Å². The van der Waals surface area contributed by atoms with Gasteiger partial charge in [-0.25, -0.2) is 0 Å². The summed E-state index contributed by atoms with van der Waals surface area (Å²) >= 11 is 0. The van der Waals surface area contributed by atoms with E-state index >= 15 is 0 Å². The highest BCUT2D eigenvalue weighted by atomic mass is 31.2. The van der Waals surface area contributed by atoms with Crippen LogP contribution in [0.5, 0.6) is 0 Å². The van der Waals surface area contributed by atoms with E-state index in [1.54, 1.807) is 13.8 Å². The number of aliphatic hydroxyl groups is 1. The zero-order valence-electron chi connectivity index (χ0n) is 16.2. The minimum Gasteiger partial charge on any atom is -0.388 e. The highest BCUT2D eigenvalue weighted by Crippen LogP contribution is 2.55. The van der Waals surface area contributed by atoms with Gasteiger partial charge in [0.15, 0.2) is 6.35 Å². The summed E-state index contributed by atoms with van der Waals surface area (Å²) in [5, 5.41) is 14.2. The van der Waals surface area contributed by atoms with Gasteiger partial charge in [-0.3, -0.25) is 0 Å². The molecule has 27 heavy (non-hydrogen) atoms. The fraction of sp³-hybridized carbons (Fsp3) is 0.250. The Hall–Kier alpha value is -1.99. The first-order valence-corrected chi connectivity index (χ1v) is 11.3. The van der Waals surface area contributed by atoms with Gasteiger partial charge in [-0.15, -0.1) is 0 Å². The van der Waals surface area contributed by atoms with Crippen molar-refractivity contribution in [1.29, 1.82) is 0 Å². The lowest BCUT2D eigenvalue weighted by Gasteiger charge is -2.31. The van der Waals surface area contributed by atoms with E-state index < -0.39 is 12.9 Å². The Labute approximate surface area is 163 Å². The monoisotopic (exact) mass is 379 g/mol. The highest BCUT2D eigenvalue weighted by molar-refractivity contribution is 7.95. The Morgan fingerprint density at radius 1 is 0.741 bits per heavy atom. The maximum absolute atomic E-state index is 10.4. The molecular weight excluding hydrogens is 351 g/mol. The van der Waals surface area contributed by atoms with Crippen molar-refractivity contribution in [3.05, 3.63) is 91.0 Å². The summed E-state index contributed by atoms with van der Waals surface area (Å²) in [6.07, 6.45) is 0.281. The number of hydrogen-bond donors (Lipinski definition) is 1. The smallest absolute Gasteiger partial charge is 0.171 e. The molecule has 0 aliphatic carbocycles. The van der Waals surface area contributed by atoms with Crippen LogP contribution in [0.4, 0.5) is 0 Å². The Kier molecular flexibility index (Phi) is 6.11. The normalized spacial score (nSPS) is 13.3. The van der Waals surface area contributed by atoms with Crippen molar-refractivity contribution in [2.45, 2.75) is 32.5 Å². The first kappa shape index (κ1) is 19.8. The molecule has 1 N–H and O–H groups in total. The lowest BCUT2D eigenvalue weighted by molar-refractivity contribution is -0.0652. The van der Waals surface area contributed by atoms with Gasteiger partial charge in [-0.1, -0.05) is 54.6 Å². The second kappa shape index (κ2) is 8.35. The van der Waals surface area contributed by atoms with Crippen molar-refractivity contribution < 1.29 is 9.84 Å². The van der Waals surface area contributed by atoms with E-state index in [4.69, 9.17) is 4.74 Å². The first-order chi connectivity index (χ1) is 12.9. The second-order valence-electron chi connectivity index (χ2n) is 7.41. The zero-order chi connectivity index (χ0) is 19.3. The van der Waals surface area contributed by atoms with Crippen LogP contribution in [-0.2, 0) is 4.74 Å². The number of hydrogen-bond acceptors (Lipinski definition) is 2. The van der Waals surface area contributed by atoms with Crippen LogP contribution in [0.1, 0.15) is 20.8 Å². The molecule has 140 valence electrons. The van der Waals surface area contributed by atoms with Gasteiger partial charge < -0.3 is 9.84 Å². The Morgan fingerprint density at radius 2 is 1.07 bits per heavy atom. The number of benzene rings is 3. The van der Waals surface area contributed by atoms with Gasteiger partial charge in [0.1, 0.15) is 23.2 Å². The molecule has 0 aliphatic rings. The van der Waals surface area contributed by atoms with Crippen LogP contribution in [0.15, 0.2) is 91.0 Å². The molecule has 3 aromatic rings. The predicted molar refractivity (Wildman–Crippen MR) is 117 cm³/mol. The summed E-state index contributed by atoms with van der Waals surface area (Å²) in [7, 11) is -2.01. The van der Waals surface area contributed by atoms with E-state index in [9.17, 15) is 5.11 Å². The van der Waals surface area contributed by atoms with E-state index in [1.807, 2.05) is 6.92 Å². The number of rotatable bonds is 7. The summed E-state index contributed by atoms with van der Waals surface area (Å²) in [4.78, 5) is 0. The molecule has 1 atom stereocenters. The highest BCUT2D eigenvalue weighted by Gasteiger charge is 2.46. The molecule has 0 spiro atoms.